The van der Waals surface area contributed by atoms with Crippen molar-refractivity contribution in [2.45, 2.75) is 5.41 Å². The predicted molar refractivity (Wildman–Crippen MR) is 315 cm³/mol. The van der Waals surface area contributed by atoms with Crippen LogP contribution in [-0.2, 0) is 5.41 Å². The van der Waals surface area contributed by atoms with Gasteiger partial charge in [-0.3, -0.25) is 0 Å². The lowest BCUT2D eigenvalue weighted by Gasteiger charge is -2.39. The van der Waals surface area contributed by atoms with Crippen LogP contribution in [0.4, 0.5) is 17.1 Å². The second-order valence-corrected chi connectivity index (χ2v) is 20.2. The van der Waals surface area contributed by atoms with E-state index in [1.807, 2.05) is 0 Å². The number of rotatable bonds is 6. The Balaban J connectivity index is 0.878. The predicted octanol–water partition coefficient (Wildman–Crippen LogP) is 20.0. The SMILES string of the molecule is c1ccc(-c2cc3ccccc3c3oc4ccc(N(c5ccc(-c6cccc7c6-c6ccccc6C76c7ccccc7Oc7ccccc76)cc5)c5ccc(-c6cc7ccccc7c7ccccc67)cc5)cc4c23)cc1. The molecule has 3 nitrogen and oxygen atoms in total. The van der Waals surface area contributed by atoms with Gasteiger partial charge >= 0.3 is 0 Å². The molecule has 1 aliphatic carbocycles. The van der Waals surface area contributed by atoms with Crippen molar-refractivity contribution < 1.29 is 9.15 Å². The highest BCUT2D eigenvalue weighted by Crippen LogP contribution is 2.63. The van der Waals surface area contributed by atoms with E-state index in [0.29, 0.717) is 0 Å². The first-order valence-electron chi connectivity index (χ1n) is 26.1. The Morgan fingerprint density at radius 3 is 1.54 bits per heavy atom. The van der Waals surface area contributed by atoms with Crippen molar-refractivity contribution in [1.29, 1.82) is 0 Å². The normalized spacial score (nSPS) is 12.9. The van der Waals surface area contributed by atoms with E-state index in [-0.39, 0.29) is 0 Å². The van der Waals surface area contributed by atoms with E-state index in [9.17, 15) is 0 Å². The van der Waals surface area contributed by atoms with Crippen molar-refractivity contribution in [2.75, 3.05) is 4.90 Å². The lowest BCUT2D eigenvalue weighted by Crippen LogP contribution is -2.32. The summed E-state index contributed by atoms with van der Waals surface area (Å²) in [5.41, 5.74) is 18.7. The summed E-state index contributed by atoms with van der Waals surface area (Å²) in [5.74, 6) is 1.78. The largest absolute Gasteiger partial charge is 0.457 e. The summed E-state index contributed by atoms with van der Waals surface area (Å²) in [5, 5.41) is 9.44. The average Bonchev–Trinajstić information content (AvgIpc) is 4.10. The summed E-state index contributed by atoms with van der Waals surface area (Å²) in [6, 6.07) is 99.4. The third-order valence-electron chi connectivity index (χ3n) is 16.3. The lowest BCUT2D eigenvalue weighted by atomic mass is 9.66. The van der Waals surface area contributed by atoms with E-state index in [0.717, 1.165) is 89.1 Å². The average molecular weight is 968 g/mol. The topological polar surface area (TPSA) is 25.6 Å². The molecule has 0 fully saturated rings. The zero-order chi connectivity index (χ0) is 49.9. The minimum Gasteiger partial charge on any atom is -0.457 e. The molecule has 76 heavy (non-hydrogen) atoms. The highest BCUT2D eigenvalue weighted by atomic mass is 16.5. The number of hydrogen-bond acceptors (Lipinski definition) is 3. The third kappa shape index (κ3) is 6.17. The Kier molecular flexibility index (Phi) is 9.25. The maximum Gasteiger partial charge on any atom is 0.143 e. The number of ether oxygens (including phenoxy) is 1. The van der Waals surface area contributed by atoms with E-state index >= 15 is 0 Å². The first-order chi connectivity index (χ1) is 37.7. The molecule has 1 aliphatic heterocycles. The molecule has 0 radical (unpaired) electrons. The zero-order valence-electron chi connectivity index (χ0n) is 41.2. The minimum atomic E-state index is -0.544. The minimum absolute atomic E-state index is 0.544. The molecule has 3 heteroatoms. The maximum atomic E-state index is 6.89. The molecule has 2 heterocycles. The quantitative estimate of drug-likeness (QED) is 0.155. The molecular formula is C73H45NO2. The molecule has 2 aliphatic rings. The van der Waals surface area contributed by atoms with Crippen LogP contribution in [0.5, 0.6) is 11.5 Å². The summed E-state index contributed by atoms with van der Waals surface area (Å²) < 4.78 is 13.5. The molecule has 0 bridgehead atoms. The zero-order valence-corrected chi connectivity index (χ0v) is 41.2. The summed E-state index contributed by atoms with van der Waals surface area (Å²) in [7, 11) is 0. The summed E-state index contributed by atoms with van der Waals surface area (Å²) in [4.78, 5) is 2.39. The molecule has 0 amide bonds. The molecule has 1 spiro atoms. The lowest BCUT2D eigenvalue weighted by molar-refractivity contribution is 0.436. The van der Waals surface area contributed by atoms with Crippen LogP contribution in [-0.4, -0.2) is 0 Å². The van der Waals surface area contributed by atoms with E-state index in [1.165, 1.54) is 60.5 Å². The van der Waals surface area contributed by atoms with Gasteiger partial charge in [0.2, 0.25) is 0 Å². The molecule has 1 aromatic heterocycles. The van der Waals surface area contributed by atoms with Gasteiger partial charge in [-0.05, 0) is 149 Å². The second-order valence-electron chi connectivity index (χ2n) is 20.2. The van der Waals surface area contributed by atoms with Crippen molar-refractivity contribution in [3.8, 4) is 56.0 Å². The van der Waals surface area contributed by atoms with Crippen molar-refractivity contribution in [1.82, 2.24) is 0 Å². The Bertz CT molecular complexity index is 4620. The number of furan rings is 1. The highest BCUT2D eigenvalue weighted by Gasteiger charge is 2.51. The van der Waals surface area contributed by atoms with Gasteiger partial charge in [-0.15, -0.1) is 0 Å². The van der Waals surface area contributed by atoms with Gasteiger partial charge in [-0.1, -0.05) is 206 Å². The van der Waals surface area contributed by atoms with Gasteiger partial charge in [0.05, 0.1) is 5.41 Å². The van der Waals surface area contributed by atoms with Crippen LogP contribution in [0.25, 0.3) is 98.8 Å². The van der Waals surface area contributed by atoms with Gasteiger partial charge < -0.3 is 14.1 Å². The van der Waals surface area contributed by atoms with Crippen LogP contribution in [0, 0.1) is 0 Å². The van der Waals surface area contributed by atoms with Crippen LogP contribution in [0.3, 0.4) is 0 Å². The summed E-state index contributed by atoms with van der Waals surface area (Å²) in [6.07, 6.45) is 0. The highest BCUT2D eigenvalue weighted by molar-refractivity contribution is 6.22. The number of fused-ring (bicyclic) bond motifs is 17. The molecule has 0 atom stereocenters. The molecule has 354 valence electrons. The van der Waals surface area contributed by atoms with E-state index < -0.39 is 5.41 Å². The number of hydrogen-bond donors (Lipinski definition) is 0. The van der Waals surface area contributed by atoms with Crippen molar-refractivity contribution in [3.05, 3.63) is 295 Å². The molecule has 0 N–H and O–H groups in total. The van der Waals surface area contributed by atoms with Crippen LogP contribution in [0.2, 0.25) is 0 Å². The van der Waals surface area contributed by atoms with Crippen LogP contribution < -0.4 is 9.64 Å². The number of benzene rings is 13. The van der Waals surface area contributed by atoms with Gasteiger partial charge in [0, 0.05) is 44.3 Å². The van der Waals surface area contributed by atoms with Crippen molar-refractivity contribution >= 4 is 71.3 Å². The van der Waals surface area contributed by atoms with Crippen LogP contribution in [0.15, 0.2) is 277 Å². The fraction of sp³-hybridized carbons (Fsp3) is 0.0137. The van der Waals surface area contributed by atoms with Gasteiger partial charge in [-0.2, -0.15) is 0 Å². The first-order valence-corrected chi connectivity index (χ1v) is 26.1. The van der Waals surface area contributed by atoms with Crippen LogP contribution in [0.1, 0.15) is 22.3 Å². The van der Waals surface area contributed by atoms with Gasteiger partial charge in [-0.25, -0.2) is 0 Å². The van der Waals surface area contributed by atoms with E-state index in [2.05, 4.69) is 278 Å². The Hall–Kier alpha value is -9.96. The van der Waals surface area contributed by atoms with E-state index in [4.69, 9.17) is 9.15 Å². The maximum absolute atomic E-state index is 6.89. The summed E-state index contributed by atoms with van der Waals surface area (Å²) >= 11 is 0. The van der Waals surface area contributed by atoms with Gasteiger partial charge in [0.1, 0.15) is 22.7 Å². The molecule has 0 saturated heterocycles. The fourth-order valence-electron chi connectivity index (χ4n) is 13.0. The molecular weight excluding hydrogens is 923 g/mol. The van der Waals surface area contributed by atoms with Gasteiger partial charge in [0.25, 0.3) is 0 Å². The smallest absolute Gasteiger partial charge is 0.143 e. The molecule has 16 rings (SSSR count). The first kappa shape index (κ1) is 42.5. The Morgan fingerprint density at radius 1 is 0.303 bits per heavy atom. The van der Waals surface area contributed by atoms with Crippen LogP contribution >= 0.6 is 0 Å². The molecule has 13 aromatic carbocycles. The number of anilines is 3. The number of para-hydroxylation sites is 2. The Labute approximate surface area is 439 Å². The van der Waals surface area contributed by atoms with Crippen molar-refractivity contribution in [2.24, 2.45) is 0 Å². The number of nitrogens with zero attached hydrogens (tertiary/aromatic N) is 1. The summed E-state index contributed by atoms with van der Waals surface area (Å²) in [6.45, 7) is 0. The monoisotopic (exact) mass is 967 g/mol. The van der Waals surface area contributed by atoms with Gasteiger partial charge in [0.15, 0.2) is 0 Å². The fourth-order valence-corrected chi connectivity index (χ4v) is 13.0. The Morgan fingerprint density at radius 2 is 0.816 bits per heavy atom. The second kappa shape index (κ2) is 16.5. The molecule has 0 unspecified atom stereocenters. The molecule has 0 saturated carbocycles. The molecule has 14 aromatic rings. The third-order valence-corrected chi connectivity index (χ3v) is 16.3. The van der Waals surface area contributed by atoms with E-state index in [1.54, 1.807) is 0 Å². The standard InChI is InChI=1S/C73H45NO2/c1-2-17-46(18-3-1)61-44-50-20-5-7-22-56(50)72-71(61)62-45-53(41-42-67(62)76-72)74(52-39-35-48(36-40-52)60-43-49-19-4-6-21-54(49)57-23-8-9-24-58(57)60)51-37-33-47(34-38-51)55-26-16-30-66-70(55)59-25-10-11-27-63(59)73(66)64-28-12-14-31-68(64)75-69-32-15-13-29-65(69)73/h1-45H. The van der Waals surface area contributed by atoms with Crippen molar-refractivity contribution in [3.63, 3.8) is 0 Å².